The number of likely N-dealkylation sites (N-methyl/N-ethyl adjacent to an activating group) is 1. The van der Waals surface area contributed by atoms with Crippen LogP contribution in [0.2, 0.25) is 5.02 Å². The summed E-state index contributed by atoms with van der Waals surface area (Å²) in [6.07, 6.45) is -1.06. The summed E-state index contributed by atoms with van der Waals surface area (Å²) in [5.41, 5.74) is 0.936. The van der Waals surface area contributed by atoms with Gasteiger partial charge in [0.2, 0.25) is 10.0 Å². The molecule has 0 aliphatic carbocycles. The molecule has 0 saturated heterocycles. The number of sulfonamides is 1. The first-order valence-corrected chi connectivity index (χ1v) is 10.7. The van der Waals surface area contributed by atoms with E-state index in [0.717, 1.165) is 5.56 Å². The Hall–Kier alpha value is -2.42. The third-order valence-corrected chi connectivity index (χ3v) is 5.90. The number of carbonyl (C=O) groups is 2. The number of hydrogen-bond acceptors (Lipinski definition) is 5. The van der Waals surface area contributed by atoms with Gasteiger partial charge in [0.25, 0.3) is 5.91 Å². The molecular weight excluding hydrogens is 416 g/mol. The summed E-state index contributed by atoms with van der Waals surface area (Å²) in [6.45, 7) is 3.16. The first-order valence-electron chi connectivity index (χ1n) is 8.87. The van der Waals surface area contributed by atoms with E-state index in [1.54, 1.807) is 7.05 Å². The number of nitrogens with zero attached hydrogens (tertiary/aromatic N) is 1. The van der Waals surface area contributed by atoms with Crippen molar-refractivity contribution >= 4 is 33.5 Å². The lowest BCUT2D eigenvalue weighted by Crippen LogP contribution is -2.43. The summed E-state index contributed by atoms with van der Waals surface area (Å²) in [4.78, 5) is 26.1. The van der Waals surface area contributed by atoms with Crippen LogP contribution in [0.4, 0.5) is 0 Å². The summed E-state index contributed by atoms with van der Waals surface area (Å²) in [6, 6.07) is 13.7. The largest absolute Gasteiger partial charge is 0.451 e. The summed E-state index contributed by atoms with van der Waals surface area (Å²) >= 11 is 5.76. The van der Waals surface area contributed by atoms with Crippen LogP contribution < -0.4 is 4.72 Å². The van der Waals surface area contributed by atoms with Gasteiger partial charge in [-0.3, -0.25) is 9.59 Å². The van der Waals surface area contributed by atoms with Crippen molar-refractivity contribution in [2.75, 3.05) is 7.05 Å². The van der Waals surface area contributed by atoms with Crippen LogP contribution >= 0.6 is 11.6 Å². The highest BCUT2D eigenvalue weighted by Crippen LogP contribution is 2.14. The fourth-order valence-electron chi connectivity index (χ4n) is 2.53. The zero-order valence-electron chi connectivity index (χ0n) is 16.3. The Morgan fingerprint density at radius 1 is 1.07 bits per heavy atom. The van der Waals surface area contributed by atoms with Crippen molar-refractivity contribution in [2.24, 2.45) is 0 Å². The Morgan fingerprint density at radius 3 is 2.24 bits per heavy atom. The van der Waals surface area contributed by atoms with Crippen LogP contribution in [0.15, 0.2) is 59.5 Å². The molecule has 1 amide bonds. The summed E-state index contributed by atoms with van der Waals surface area (Å²) in [5.74, 6) is -1.24. The van der Waals surface area contributed by atoms with Crippen LogP contribution in [0.1, 0.15) is 19.4 Å². The molecule has 2 aromatic carbocycles. The molecule has 1 N–H and O–H groups in total. The Kier molecular flexibility index (Phi) is 7.78. The molecule has 2 atom stereocenters. The van der Waals surface area contributed by atoms with Gasteiger partial charge in [-0.25, -0.2) is 8.42 Å². The molecule has 1 unspecified atom stereocenters. The normalized spacial score (nSPS) is 13.4. The number of benzene rings is 2. The molecule has 0 radical (unpaired) electrons. The monoisotopic (exact) mass is 438 g/mol. The van der Waals surface area contributed by atoms with Gasteiger partial charge in [0, 0.05) is 18.6 Å². The highest BCUT2D eigenvalue weighted by atomic mass is 35.5. The minimum absolute atomic E-state index is 0.0340. The standard InChI is InChI=1S/C20H23ClN2O5S/c1-14(22-29(26,27)18-11-9-17(21)10-12-18)20(25)28-15(2)19(24)23(3)13-16-7-5-4-6-8-16/h4-12,14-15,22H,13H2,1-3H3/t14-,15?/m0/s1. The third kappa shape index (κ3) is 6.56. The lowest BCUT2D eigenvalue weighted by molar-refractivity contribution is -0.159. The number of hydrogen-bond donors (Lipinski definition) is 1. The van der Waals surface area contributed by atoms with E-state index in [1.165, 1.54) is 43.0 Å². The van der Waals surface area contributed by atoms with E-state index in [4.69, 9.17) is 16.3 Å². The number of amides is 1. The van der Waals surface area contributed by atoms with E-state index in [9.17, 15) is 18.0 Å². The Morgan fingerprint density at radius 2 is 1.66 bits per heavy atom. The zero-order chi connectivity index (χ0) is 21.6. The average Bonchev–Trinajstić information content (AvgIpc) is 2.68. The second kappa shape index (κ2) is 9.87. The van der Waals surface area contributed by atoms with E-state index in [1.807, 2.05) is 30.3 Å². The van der Waals surface area contributed by atoms with Gasteiger partial charge in [-0.2, -0.15) is 4.72 Å². The predicted molar refractivity (Wildman–Crippen MR) is 110 cm³/mol. The predicted octanol–water partition coefficient (Wildman–Crippen LogP) is 2.60. The second-order valence-corrected chi connectivity index (χ2v) is 8.71. The molecule has 7 nitrogen and oxygen atoms in total. The Labute approximate surface area is 175 Å². The van der Waals surface area contributed by atoms with E-state index >= 15 is 0 Å². The second-order valence-electron chi connectivity index (χ2n) is 6.56. The van der Waals surface area contributed by atoms with Gasteiger partial charge in [-0.15, -0.1) is 0 Å². The van der Waals surface area contributed by atoms with Gasteiger partial charge >= 0.3 is 5.97 Å². The molecule has 0 bridgehead atoms. The molecule has 0 aliphatic heterocycles. The highest BCUT2D eigenvalue weighted by molar-refractivity contribution is 7.89. The first kappa shape index (κ1) is 22.9. The van der Waals surface area contributed by atoms with Crippen molar-refractivity contribution < 1.29 is 22.7 Å². The molecule has 2 rings (SSSR count). The van der Waals surface area contributed by atoms with E-state index < -0.39 is 34.0 Å². The molecule has 9 heteroatoms. The van der Waals surface area contributed by atoms with Gasteiger partial charge in [-0.1, -0.05) is 41.9 Å². The topological polar surface area (TPSA) is 92.8 Å². The van der Waals surface area contributed by atoms with Crippen LogP contribution in [-0.2, 0) is 30.9 Å². The molecule has 0 aliphatic rings. The maximum Gasteiger partial charge on any atom is 0.324 e. The number of ether oxygens (including phenoxy) is 1. The Bertz CT molecular complexity index is 949. The molecule has 0 fully saturated rings. The van der Waals surface area contributed by atoms with Crippen LogP contribution in [0.3, 0.4) is 0 Å². The van der Waals surface area contributed by atoms with Gasteiger partial charge < -0.3 is 9.64 Å². The molecule has 0 heterocycles. The minimum Gasteiger partial charge on any atom is -0.451 e. The van der Waals surface area contributed by atoms with Gasteiger partial charge in [0.05, 0.1) is 4.90 Å². The molecule has 29 heavy (non-hydrogen) atoms. The number of nitrogens with one attached hydrogen (secondary N) is 1. The molecule has 156 valence electrons. The van der Waals surface area contributed by atoms with Gasteiger partial charge in [0.15, 0.2) is 6.10 Å². The fraction of sp³-hybridized carbons (Fsp3) is 0.300. The SMILES string of the molecule is CC(OC(=O)[C@H](C)NS(=O)(=O)c1ccc(Cl)cc1)C(=O)N(C)Cc1ccccc1. The lowest BCUT2D eigenvalue weighted by atomic mass is 10.2. The van der Waals surface area contributed by atoms with Crippen LogP contribution in [0.5, 0.6) is 0 Å². The van der Waals surface area contributed by atoms with Crippen molar-refractivity contribution in [2.45, 2.75) is 37.4 Å². The maximum absolute atomic E-state index is 12.4. The van der Waals surface area contributed by atoms with E-state index in [0.29, 0.717) is 11.6 Å². The fourth-order valence-corrected chi connectivity index (χ4v) is 3.85. The molecule has 0 spiro atoms. The Balaban J connectivity index is 1.93. The summed E-state index contributed by atoms with van der Waals surface area (Å²) < 4.78 is 32.1. The summed E-state index contributed by atoms with van der Waals surface area (Å²) in [7, 11) is -2.34. The van der Waals surface area contributed by atoms with Crippen LogP contribution in [0.25, 0.3) is 0 Å². The van der Waals surface area contributed by atoms with Gasteiger partial charge in [0.1, 0.15) is 6.04 Å². The first-order chi connectivity index (χ1) is 13.6. The molecular formula is C20H23ClN2O5S. The number of esters is 1. The van der Waals surface area contributed by atoms with Crippen molar-refractivity contribution in [3.63, 3.8) is 0 Å². The quantitative estimate of drug-likeness (QED) is 0.639. The third-order valence-electron chi connectivity index (χ3n) is 4.09. The van der Waals surface area contributed by atoms with E-state index in [2.05, 4.69) is 4.72 Å². The highest BCUT2D eigenvalue weighted by Gasteiger charge is 2.27. The smallest absolute Gasteiger partial charge is 0.324 e. The van der Waals surface area contributed by atoms with Crippen molar-refractivity contribution in [1.29, 1.82) is 0 Å². The minimum atomic E-state index is -3.94. The number of carbonyl (C=O) groups excluding carboxylic acids is 2. The molecule has 2 aromatic rings. The maximum atomic E-state index is 12.4. The summed E-state index contributed by atoms with van der Waals surface area (Å²) in [5, 5.41) is 0.392. The number of rotatable bonds is 8. The van der Waals surface area contributed by atoms with Gasteiger partial charge in [-0.05, 0) is 43.7 Å². The van der Waals surface area contributed by atoms with E-state index in [-0.39, 0.29) is 4.90 Å². The number of halogens is 1. The molecule has 0 aromatic heterocycles. The molecule has 0 saturated carbocycles. The van der Waals surface area contributed by atoms with Crippen molar-refractivity contribution in [3.05, 3.63) is 65.2 Å². The van der Waals surface area contributed by atoms with Crippen molar-refractivity contribution in [1.82, 2.24) is 9.62 Å². The van der Waals surface area contributed by atoms with Crippen LogP contribution in [-0.4, -0.2) is 44.4 Å². The zero-order valence-corrected chi connectivity index (χ0v) is 17.9. The van der Waals surface area contributed by atoms with Crippen LogP contribution in [0, 0.1) is 0 Å². The lowest BCUT2D eigenvalue weighted by Gasteiger charge is -2.23. The van der Waals surface area contributed by atoms with Crippen molar-refractivity contribution in [3.8, 4) is 0 Å². The average molecular weight is 439 g/mol.